The number of rotatable bonds is 3. The quantitative estimate of drug-likeness (QED) is 0.793. The molecule has 2 aromatic rings. The highest BCUT2D eigenvalue weighted by Gasteiger charge is 2.62. The van der Waals surface area contributed by atoms with Gasteiger partial charge in [-0.2, -0.15) is 5.26 Å². The Balaban J connectivity index is 1.70. The average molecular weight is 413 g/mol. The van der Waals surface area contributed by atoms with Gasteiger partial charge in [-0.15, -0.1) is 0 Å². The number of carbonyl (C=O) groups is 1. The summed E-state index contributed by atoms with van der Waals surface area (Å²) in [5.74, 6) is -1.28. The highest BCUT2D eigenvalue weighted by atomic mass is 19.1. The van der Waals surface area contributed by atoms with E-state index in [-0.39, 0.29) is 36.2 Å². The molecule has 1 aromatic carbocycles. The lowest BCUT2D eigenvalue weighted by molar-refractivity contribution is 0.00905. The Morgan fingerprint density at radius 3 is 2.87 bits per heavy atom. The number of aliphatic imine (C=N–C) groups is 1. The molecule has 0 unspecified atom stereocenters. The number of nitrogens with one attached hydrogen (secondary N) is 1. The van der Waals surface area contributed by atoms with Gasteiger partial charge in [0.05, 0.1) is 18.8 Å². The van der Waals surface area contributed by atoms with Crippen LogP contribution in [0.5, 0.6) is 0 Å². The molecule has 3 N–H and O–H groups in total. The number of carbonyl (C=O) groups excluding carboxylic acids is 1. The van der Waals surface area contributed by atoms with Gasteiger partial charge >= 0.3 is 0 Å². The number of benzene rings is 1. The summed E-state index contributed by atoms with van der Waals surface area (Å²) < 4.78 is 40.6. The van der Waals surface area contributed by atoms with Crippen molar-refractivity contribution >= 4 is 17.6 Å². The summed E-state index contributed by atoms with van der Waals surface area (Å²) in [6.07, 6.45) is 1.28. The number of aromatic nitrogens is 1. The zero-order valence-corrected chi connectivity index (χ0v) is 15.9. The van der Waals surface area contributed by atoms with Crippen LogP contribution in [-0.4, -0.2) is 42.4 Å². The van der Waals surface area contributed by atoms with Crippen LogP contribution in [0, 0.1) is 24.1 Å². The van der Waals surface area contributed by atoms with Gasteiger partial charge in [-0.1, -0.05) is 0 Å². The third kappa shape index (κ3) is 3.04. The number of alkyl halides is 1. The molecule has 3 heterocycles. The Morgan fingerprint density at radius 2 is 2.13 bits per heavy atom. The second-order valence-electron chi connectivity index (χ2n) is 7.21. The number of pyridine rings is 1. The molecule has 0 aliphatic carbocycles. The first-order valence-electron chi connectivity index (χ1n) is 9.01. The molecule has 30 heavy (non-hydrogen) atoms. The second kappa shape index (κ2) is 7.03. The topological polar surface area (TPSA) is 123 Å². The van der Waals surface area contributed by atoms with Gasteiger partial charge < -0.3 is 20.5 Å². The molecule has 10 heteroatoms. The number of nitrogens with zero attached hydrogens (tertiary/aromatic N) is 3. The van der Waals surface area contributed by atoms with E-state index in [4.69, 9.17) is 20.5 Å². The van der Waals surface area contributed by atoms with E-state index in [2.05, 4.69) is 15.3 Å². The lowest BCUT2D eigenvalue weighted by Crippen LogP contribution is -2.55. The number of nitriles is 1. The Bertz CT molecular complexity index is 1120. The van der Waals surface area contributed by atoms with E-state index in [1.807, 2.05) is 6.07 Å². The van der Waals surface area contributed by atoms with E-state index in [9.17, 15) is 9.18 Å². The van der Waals surface area contributed by atoms with Gasteiger partial charge in [-0.05, 0) is 36.8 Å². The van der Waals surface area contributed by atoms with Crippen molar-refractivity contribution in [3.8, 4) is 6.07 Å². The number of ether oxygens (including phenoxy) is 2. The fourth-order valence-electron chi connectivity index (χ4n) is 3.67. The van der Waals surface area contributed by atoms with E-state index in [0.717, 1.165) is 6.07 Å². The van der Waals surface area contributed by atoms with Crippen molar-refractivity contribution in [3.05, 3.63) is 58.7 Å². The summed E-state index contributed by atoms with van der Waals surface area (Å²) in [7, 11) is 0. The van der Waals surface area contributed by atoms with Crippen LogP contribution in [-0.2, 0) is 15.0 Å². The van der Waals surface area contributed by atoms with Crippen LogP contribution in [0.2, 0.25) is 0 Å². The molecule has 1 aromatic heterocycles. The second-order valence-corrected chi connectivity index (χ2v) is 7.21. The fraction of sp³-hybridized carbons (Fsp3) is 0.300. The maximum atomic E-state index is 15.5. The predicted octanol–water partition coefficient (Wildman–Crippen LogP) is 1.93. The summed E-state index contributed by atoms with van der Waals surface area (Å²) >= 11 is 0. The molecular formula is C20H17F2N5O3. The molecule has 154 valence electrons. The van der Waals surface area contributed by atoms with Gasteiger partial charge in [0.25, 0.3) is 11.9 Å². The first-order valence-corrected chi connectivity index (χ1v) is 9.01. The molecule has 2 aliphatic heterocycles. The maximum absolute atomic E-state index is 15.5. The van der Waals surface area contributed by atoms with Gasteiger partial charge in [0, 0.05) is 17.4 Å². The number of fused-ring (bicyclic) bond motifs is 1. The molecule has 2 aliphatic rings. The first-order chi connectivity index (χ1) is 14.3. The molecule has 0 saturated carbocycles. The van der Waals surface area contributed by atoms with Gasteiger partial charge in [0.2, 0.25) is 0 Å². The Labute approximate surface area is 170 Å². The number of amidine groups is 1. The monoisotopic (exact) mass is 413 g/mol. The molecule has 4 rings (SSSR count). The number of anilines is 1. The molecule has 0 bridgehead atoms. The van der Waals surface area contributed by atoms with Crippen molar-refractivity contribution in [2.75, 3.05) is 25.1 Å². The highest BCUT2D eigenvalue weighted by Crippen LogP contribution is 2.48. The molecule has 2 atom stereocenters. The van der Waals surface area contributed by atoms with Crippen molar-refractivity contribution in [1.29, 1.82) is 5.26 Å². The third-order valence-corrected chi connectivity index (χ3v) is 5.23. The summed E-state index contributed by atoms with van der Waals surface area (Å²) in [6, 6.07) is 6.97. The summed E-state index contributed by atoms with van der Waals surface area (Å²) in [5, 5.41) is 11.5. The number of aryl methyl sites for hydroxylation is 1. The fourth-order valence-corrected chi connectivity index (χ4v) is 3.67. The number of nitrogens with two attached hydrogens (primary N) is 1. The lowest BCUT2D eigenvalue weighted by atomic mass is 9.78. The number of amides is 1. The lowest BCUT2D eigenvalue weighted by Gasteiger charge is -2.38. The highest BCUT2D eigenvalue weighted by molar-refractivity contribution is 6.03. The summed E-state index contributed by atoms with van der Waals surface area (Å²) in [6.45, 7) is 0.670. The van der Waals surface area contributed by atoms with Crippen molar-refractivity contribution in [1.82, 2.24) is 4.98 Å². The van der Waals surface area contributed by atoms with E-state index < -0.39 is 29.5 Å². The SMILES string of the molecule is Cc1cc(C#N)cnc1C(=O)Nc1ccc(F)c([C@]23COC[C@@]2(F)COC(N)=N3)c1. The number of hydrogen-bond acceptors (Lipinski definition) is 7. The molecule has 8 nitrogen and oxygen atoms in total. The molecule has 1 amide bonds. The van der Waals surface area contributed by atoms with Crippen LogP contribution < -0.4 is 11.1 Å². The average Bonchev–Trinajstić information content (AvgIpc) is 3.06. The van der Waals surface area contributed by atoms with E-state index in [1.165, 1.54) is 24.4 Å². The van der Waals surface area contributed by atoms with Crippen LogP contribution in [0.1, 0.15) is 27.2 Å². The predicted molar refractivity (Wildman–Crippen MR) is 102 cm³/mol. The zero-order valence-electron chi connectivity index (χ0n) is 15.9. The standard InChI is InChI=1S/C20H17F2N5O3/c1-11-4-12(6-23)7-25-16(11)17(28)26-13-2-3-15(21)14(5-13)20-10-29-8-19(20,22)9-30-18(24)27-20/h2-5,7H,8-10H2,1H3,(H2,24,27)(H,26,28)/t19-,20-/m1/s1. The normalized spacial score (nSPS) is 24.9. The van der Waals surface area contributed by atoms with E-state index in [0.29, 0.717) is 11.1 Å². The van der Waals surface area contributed by atoms with Crippen LogP contribution in [0.15, 0.2) is 35.5 Å². The van der Waals surface area contributed by atoms with Gasteiger partial charge in [-0.25, -0.2) is 18.8 Å². The van der Waals surface area contributed by atoms with Crippen molar-refractivity contribution < 1.29 is 23.0 Å². The smallest absolute Gasteiger partial charge is 0.283 e. The van der Waals surface area contributed by atoms with Crippen molar-refractivity contribution in [2.45, 2.75) is 18.1 Å². The number of halogens is 2. The summed E-state index contributed by atoms with van der Waals surface area (Å²) in [5.41, 5.74) is 2.86. The van der Waals surface area contributed by atoms with Crippen LogP contribution in [0.4, 0.5) is 14.5 Å². The van der Waals surface area contributed by atoms with Crippen LogP contribution in [0.3, 0.4) is 0 Å². The maximum Gasteiger partial charge on any atom is 0.283 e. The minimum absolute atomic E-state index is 0.101. The molecule has 0 spiro atoms. The molecule has 1 fully saturated rings. The van der Waals surface area contributed by atoms with Gasteiger partial charge in [0.1, 0.15) is 24.2 Å². The number of hydrogen-bond donors (Lipinski definition) is 2. The minimum Gasteiger partial charge on any atom is -0.462 e. The van der Waals surface area contributed by atoms with Gasteiger partial charge in [-0.3, -0.25) is 4.79 Å². The van der Waals surface area contributed by atoms with Gasteiger partial charge in [0.15, 0.2) is 11.2 Å². The Kier molecular flexibility index (Phi) is 4.63. The van der Waals surface area contributed by atoms with E-state index in [1.54, 1.807) is 6.92 Å². The molecule has 0 radical (unpaired) electrons. The molecule has 1 saturated heterocycles. The van der Waals surface area contributed by atoms with Crippen molar-refractivity contribution in [2.24, 2.45) is 10.7 Å². The summed E-state index contributed by atoms with van der Waals surface area (Å²) in [4.78, 5) is 20.7. The zero-order chi connectivity index (χ0) is 21.5. The minimum atomic E-state index is -2.11. The van der Waals surface area contributed by atoms with Crippen LogP contribution in [0.25, 0.3) is 0 Å². The largest absolute Gasteiger partial charge is 0.462 e. The van der Waals surface area contributed by atoms with Crippen LogP contribution >= 0.6 is 0 Å². The van der Waals surface area contributed by atoms with E-state index >= 15 is 4.39 Å². The Hall–Kier alpha value is -3.58. The Morgan fingerprint density at radius 1 is 1.33 bits per heavy atom. The third-order valence-electron chi connectivity index (χ3n) is 5.23. The first kappa shape index (κ1) is 19.7. The molecular weight excluding hydrogens is 396 g/mol. The van der Waals surface area contributed by atoms with Crippen molar-refractivity contribution in [3.63, 3.8) is 0 Å².